The van der Waals surface area contributed by atoms with Gasteiger partial charge < -0.3 is 14.8 Å². The van der Waals surface area contributed by atoms with Gasteiger partial charge in [0.1, 0.15) is 11.5 Å². The van der Waals surface area contributed by atoms with Crippen LogP contribution in [0.3, 0.4) is 0 Å². The van der Waals surface area contributed by atoms with Gasteiger partial charge in [-0.1, -0.05) is 26.0 Å². The number of hydrogen-bond acceptors (Lipinski definition) is 8. The third-order valence-electron chi connectivity index (χ3n) is 4.95. The fourth-order valence-corrected chi connectivity index (χ4v) is 4.43. The highest BCUT2D eigenvalue weighted by atomic mass is 32.1. The minimum absolute atomic E-state index is 0.212. The van der Waals surface area contributed by atoms with E-state index in [0.29, 0.717) is 33.8 Å². The van der Waals surface area contributed by atoms with Crippen molar-refractivity contribution < 1.29 is 23.9 Å². The van der Waals surface area contributed by atoms with E-state index in [1.807, 2.05) is 32.2 Å². The molecule has 0 aliphatic rings. The lowest BCUT2D eigenvalue weighted by Gasteiger charge is -2.10. The molecule has 0 saturated heterocycles. The molecule has 34 heavy (non-hydrogen) atoms. The zero-order valence-corrected chi connectivity index (χ0v) is 20.4. The highest BCUT2D eigenvalue weighted by Crippen LogP contribution is 2.31. The van der Waals surface area contributed by atoms with Gasteiger partial charge in [-0.05, 0) is 48.8 Å². The van der Waals surface area contributed by atoms with Crippen LogP contribution in [0, 0.1) is 12.8 Å². The second-order valence-corrected chi connectivity index (χ2v) is 9.02. The third-order valence-corrected chi connectivity index (χ3v) is 5.89. The van der Waals surface area contributed by atoms with Crippen LogP contribution in [-0.2, 0) is 32.0 Å². The average molecular weight is 486 g/mol. The molecular formula is C24H27N3O6S. The van der Waals surface area contributed by atoms with E-state index in [-0.39, 0.29) is 18.7 Å². The van der Waals surface area contributed by atoms with E-state index in [4.69, 9.17) is 9.47 Å². The summed E-state index contributed by atoms with van der Waals surface area (Å²) in [5, 5.41) is 5.18. The van der Waals surface area contributed by atoms with E-state index in [2.05, 4.69) is 10.3 Å². The molecule has 3 aromatic rings. The molecule has 0 fully saturated rings. The Balaban J connectivity index is 1.64. The molecule has 3 rings (SSSR count). The first-order valence-corrected chi connectivity index (χ1v) is 11.8. The molecule has 0 spiro atoms. The Hall–Kier alpha value is -3.53. The maximum Gasteiger partial charge on any atom is 0.341 e. The second kappa shape index (κ2) is 11.1. The van der Waals surface area contributed by atoms with Crippen LogP contribution >= 0.6 is 11.3 Å². The molecule has 2 aromatic heterocycles. The highest BCUT2D eigenvalue weighted by Gasteiger charge is 2.22. The first kappa shape index (κ1) is 25.1. The number of nitrogens with one attached hydrogen (secondary N) is 1. The molecule has 180 valence electrons. The number of fused-ring (bicyclic) bond motifs is 1. The summed E-state index contributed by atoms with van der Waals surface area (Å²) >= 11 is 1.21. The SMILES string of the molecule is CCOC(=O)c1c(CC(C)C)csc1NC(=O)COC(=O)Cn1cnc2c(C)cccc2c1=O. The number of amides is 1. The number of anilines is 1. The molecule has 0 atom stereocenters. The molecule has 1 amide bonds. The van der Waals surface area contributed by atoms with Crippen molar-refractivity contribution in [3.05, 3.63) is 57.0 Å². The molecule has 0 bridgehead atoms. The van der Waals surface area contributed by atoms with Crippen LogP contribution in [0.15, 0.2) is 34.7 Å². The molecule has 2 heterocycles. The van der Waals surface area contributed by atoms with Gasteiger partial charge in [0.25, 0.3) is 11.5 Å². The smallest absolute Gasteiger partial charge is 0.341 e. The van der Waals surface area contributed by atoms with Gasteiger partial charge in [-0.25, -0.2) is 9.78 Å². The number of aryl methyl sites for hydroxylation is 1. The van der Waals surface area contributed by atoms with Gasteiger partial charge >= 0.3 is 11.9 Å². The maximum absolute atomic E-state index is 12.6. The number of para-hydroxylation sites is 1. The fraction of sp³-hybridized carbons (Fsp3) is 0.375. The summed E-state index contributed by atoms with van der Waals surface area (Å²) in [7, 11) is 0. The fourth-order valence-electron chi connectivity index (χ4n) is 3.45. The van der Waals surface area contributed by atoms with Crippen LogP contribution in [-0.4, -0.2) is 40.6 Å². The molecular weight excluding hydrogens is 458 g/mol. The highest BCUT2D eigenvalue weighted by molar-refractivity contribution is 7.15. The standard InChI is InChI=1S/C24H27N3O6S/c1-5-32-24(31)20-16(9-14(2)3)12-34-22(20)26-18(28)11-33-19(29)10-27-13-25-21-15(4)7-6-8-17(21)23(27)30/h6-8,12-14H,5,9-11H2,1-4H3,(H,26,28). The van der Waals surface area contributed by atoms with E-state index in [1.54, 1.807) is 19.1 Å². The van der Waals surface area contributed by atoms with Crippen LogP contribution in [0.25, 0.3) is 10.9 Å². The Morgan fingerprint density at radius 3 is 2.68 bits per heavy atom. The molecule has 1 aromatic carbocycles. The predicted octanol–water partition coefficient (Wildman–Crippen LogP) is 3.32. The van der Waals surface area contributed by atoms with Crippen LogP contribution in [0.5, 0.6) is 0 Å². The maximum atomic E-state index is 12.6. The van der Waals surface area contributed by atoms with Crippen molar-refractivity contribution in [3.8, 4) is 0 Å². The summed E-state index contributed by atoms with van der Waals surface area (Å²) in [5.41, 5.74) is 2.17. The molecule has 9 nitrogen and oxygen atoms in total. The number of thiophene rings is 1. The normalized spacial score (nSPS) is 11.0. The Morgan fingerprint density at radius 2 is 1.97 bits per heavy atom. The summed E-state index contributed by atoms with van der Waals surface area (Å²) < 4.78 is 11.3. The van der Waals surface area contributed by atoms with E-state index >= 15 is 0 Å². The number of carbonyl (C=O) groups excluding carboxylic acids is 3. The Kier molecular flexibility index (Phi) is 8.17. The van der Waals surface area contributed by atoms with Gasteiger partial charge in [0, 0.05) is 0 Å². The predicted molar refractivity (Wildman–Crippen MR) is 129 cm³/mol. The third kappa shape index (κ3) is 5.88. The number of hydrogen-bond donors (Lipinski definition) is 1. The quantitative estimate of drug-likeness (QED) is 0.462. The van der Waals surface area contributed by atoms with Crippen molar-refractivity contribution in [2.75, 3.05) is 18.5 Å². The number of aromatic nitrogens is 2. The minimum Gasteiger partial charge on any atom is -0.462 e. The monoisotopic (exact) mass is 485 g/mol. The summed E-state index contributed by atoms with van der Waals surface area (Å²) in [6.07, 6.45) is 1.94. The molecule has 0 aliphatic carbocycles. The Morgan fingerprint density at radius 1 is 1.21 bits per heavy atom. The first-order valence-electron chi connectivity index (χ1n) is 10.9. The number of ether oxygens (including phenoxy) is 2. The van der Waals surface area contributed by atoms with Gasteiger partial charge in [-0.3, -0.25) is 19.0 Å². The Bertz CT molecular complexity index is 1280. The number of benzene rings is 1. The van der Waals surface area contributed by atoms with Gasteiger partial charge in [-0.2, -0.15) is 0 Å². The van der Waals surface area contributed by atoms with Crippen LogP contribution in [0.1, 0.15) is 42.3 Å². The molecule has 1 N–H and O–H groups in total. The number of rotatable bonds is 9. The first-order chi connectivity index (χ1) is 16.2. The summed E-state index contributed by atoms with van der Waals surface area (Å²) in [6.45, 7) is 6.88. The number of carbonyl (C=O) groups is 3. The largest absolute Gasteiger partial charge is 0.462 e. The number of esters is 2. The lowest BCUT2D eigenvalue weighted by atomic mass is 10.0. The van der Waals surface area contributed by atoms with Crippen LogP contribution < -0.4 is 10.9 Å². The van der Waals surface area contributed by atoms with E-state index in [1.165, 1.54) is 17.7 Å². The Labute approximate surface area is 200 Å². The van der Waals surface area contributed by atoms with Gasteiger partial charge in [0.05, 0.1) is 29.4 Å². The van der Waals surface area contributed by atoms with Crippen molar-refractivity contribution in [2.45, 2.75) is 40.7 Å². The molecule has 0 unspecified atom stereocenters. The van der Waals surface area contributed by atoms with Gasteiger partial charge in [0.2, 0.25) is 0 Å². The summed E-state index contributed by atoms with van der Waals surface area (Å²) in [6, 6.07) is 5.23. The van der Waals surface area contributed by atoms with Crippen molar-refractivity contribution in [3.63, 3.8) is 0 Å². The lowest BCUT2D eigenvalue weighted by molar-refractivity contribution is -0.147. The van der Waals surface area contributed by atoms with E-state index in [9.17, 15) is 19.2 Å². The molecule has 0 aliphatic heterocycles. The van der Waals surface area contributed by atoms with Crippen LogP contribution in [0.4, 0.5) is 5.00 Å². The second-order valence-electron chi connectivity index (χ2n) is 8.14. The van der Waals surface area contributed by atoms with Crippen molar-refractivity contribution in [1.29, 1.82) is 0 Å². The van der Waals surface area contributed by atoms with Crippen molar-refractivity contribution in [2.24, 2.45) is 5.92 Å². The zero-order valence-electron chi connectivity index (χ0n) is 19.5. The molecule has 0 radical (unpaired) electrons. The van der Waals surface area contributed by atoms with Crippen LogP contribution in [0.2, 0.25) is 0 Å². The zero-order chi connectivity index (χ0) is 24.8. The minimum atomic E-state index is -0.761. The van der Waals surface area contributed by atoms with Gasteiger partial charge in [0.15, 0.2) is 6.61 Å². The van der Waals surface area contributed by atoms with E-state index < -0.39 is 24.5 Å². The summed E-state index contributed by atoms with van der Waals surface area (Å²) in [4.78, 5) is 53.9. The van der Waals surface area contributed by atoms with E-state index in [0.717, 1.165) is 15.7 Å². The molecule has 10 heteroatoms. The number of nitrogens with zero attached hydrogens (tertiary/aromatic N) is 2. The molecule has 0 saturated carbocycles. The average Bonchev–Trinajstić information content (AvgIpc) is 3.16. The van der Waals surface area contributed by atoms with Gasteiger partial charge in [-0.15, -0.1) is 11.3 Å². The van der Waals surface area contributed by atoms with Crippen molar-refractivity contribution >= 4 is 45.1 Å². The lowest BCUT2D eigenvalue weighted by Crippen LogP contribution is -2.28. The van der Waals surface area contributed by atoms with Crippen molar-refractivity contribution in [1.82, 2.24) is 9.55 Å². The summed E-state index contributed by atoms with van der Waals surface area (Å²) in [5.74, 6) is -1.56. The topological polar surface area (TPSA) is 117 Å².